The monoisotopic (exact) mass is 416 g/mol. The van der Waals surface area contributed by atoms with E-state index in [0.29, 0.717) is 23.9 Å². The molecule has 2 aromatic carbocycles. The van der Waals surface area contributed by atoms with Crippen LogP contribution in [0, 0.1) is 11.8 Å². The fourth-order valence-corrected chi connectivity index (χ4v) is 3.49. The first-order valence-corrected chi connectivity index (χ1v) is 9.84. The molecule has 2 atom stereocenters. The predicted octanol–water partition coefficient (Wildman–Crippen LogP) is 4.72. The summed E-state index contributed by atoms with van der Waals surface area (Å²) in [5.41, 5.74) is 2.12. The molecule has 1 aliphatic heterocycles. The second kappa shape index (κ2) is 11.4. The van der Waals surface area contributed by atoms with Crippen LogP contribution in [0.3, 0.4) is 0 Å². The Kier molecular flexibility index (Phi) is 8.96. The summed E-state index contributed by atoms with van der Waals surface area (Å²) in [5.74, 6) is 0.949. The van der Waals surface area contributed by atoms with E-state index >= 15 is 0 Å². The van der Waals surface area contributed by atoms with Crippen LogP contribution in [0.25, 0.3) is 0 Å². The first-order valence-electron chi connectivity index (χ1n) is 9.84. The van der Waals surface area contributed by atoms with E-state index in [1.54, 1.807) is 24.3 Å². The number of nitrogens with one attached hydrogen (secondary N) is 4. The lowest BCUT2D eigenvalue weighted by Crippen LogP contribution is -2.34. The maximum Gasteiger partial charge on any atom is 0.323 e. The highest BCUT2D eigenvalue weighted by Crippen LogP contribution is 2.23. The molecule has 0 saturated carbocycles. The molecule has 1 aliphatic rings. The van der Waals surface area contributed by atoms with Gasteiger partial charge in [-0.3, -0.25) is 4.79 Å². The molecule has 156 valence electrons. The van der Waals surface area contributed by atoms with E-state index < -0.39 is 0 Å². The average Bonchev–Trinajstić information content (AvgIpc) is 2.71. The number of hydrogen-bond acceptors (Lipinski definition) is 3. The van der Waals surface area contributed by atoms with E-state index in [1.807, 2.05) is 30.3 Å². The van der Waals surface area contributed by atoms with Crippen LogP contribution in [0.1, 0.15) is 26.2 Å². The zero-order valence-electron chi connectivity index (χ0n) is 16.6. The van der Waals surface area contributed by atoms with Crippen molar-refractivity contribution in [2.75, 3.05) is 29.0 Å². The van der Waals surface area contributed by atoms with E-state index in [2.05, 4.69) is 28.2 Å². The number of piperidine rings is 1. The zero-order chi connectivity index (χ0) is 19.8. The summed E-state index contributed by atoms with van der Waals surface area (Å²) in [4.78, 5) is 24.3. The van der Waals surface area contributed by atoms with Gasteiger partial charge in [-0.25, -0.2) is 4.79 Å². The molecule has 7 heteroatoms. The lowest BCUT2D eigenvalue weighted by molar-refractivity contribution is -0.117. The molecule has 29 heavy (non-hydrogen) atoms. The van der Waals surface area contributed by atoms with Crippen molar-refractivity contribution in [1.29, 1.82) is 0 Å². The number of rotatable bonds is 6. The van der Waals surface area contributed by atoms with E-state index in [1.165, 1.54) is 12.8 Å². The summed E-state index contributed by atoms with van der Waals surface area (Å²) in [7, 11) is 0. The van der Waals surface area contributed by atoms with Gasteiger partial charge < -0.3 is 21.3 Å². The summed E-state index contributed by atoms with van der Waals surface area (Å²) in [5, 5.41) is 11.9. The van der Waals surface area contributed by atoms with Crippen LogP contribution in [0.2, 0.25) is 0 Å². The quantitative estimate of drug-likeness (QED) is 0.550. The summed E-state index contributed by atoms with van der Waals surface area (Å²) in [6.45, 7) is 4.23. The number of hydrogen-bond donors (Lipinski definition) is 4. The van der Waals surface area contributed by atoms with Crippen molar-refractivity contribution in [2.45, 2.75) is 26.2 Å². The van der Waals surface area contributed by atoms with Gasteiger partial charge in [0.15, 0.2) is 0 Å². The average molecular weight is 417 g/mol. The molecule has 1 fully saturated rings. The Balaban J connectivity index is 0.00000300. The van der Waals surface area contributed by atoms with Crippen molar-refractivity contribution in [2.24, 2.45) is 11.8 Å². The minimum atomic E-state index is -0.307. The number of carbonyl (C=O) groups is 2. The van der Waals surface area contributed by atoms with Crippen molar-refractivity contribution in [1.82, 2.24) is 5.32 Å². The van der Waals surface area contributed by atoms with Crippen LogP contribution < -0.4 is 21.3 Å². The Morgan fingerprint density at radius 1 is 0.966 bits per heavy atom. The lowest BCUT2D eigenvalue weighted by atomic mass is 9.85. The molecule has 1 saturated heterocycles. The Bertz CT molecular complexity index is 777. The van der Waals surface area contributed by atoms with Gasteiger partial charge in [0.1, 0.15) is 0 Å². The molecule has 0 aromatic heterocycles. The standard InChI is InChI=1S/C22H28N4O2.ClH/c1-16(17-6-5-13-23-15-17)14-21(27)24-19-9-11-20(12-10-19)26-22(28)25-18-7-3-2-4-8-18;/h2-4,7-12,16-17,23H,5-6,13-15H2,1H3,(H,24,27)(H2,25,26,28);1H. The Labute approximate surface area is 178 Å². The van der Waals surface area contributed by atoms with Gasteiger partial charge in [-0.15, -0.1) is 12.4 Å². The normalized spacial score (nSPS) is 16.8. The number of para-hydroxylation sites is 1. The van der Waals surface area contributed by atoms with Gasteiger partial charge in [0.05, 0.1) is 0 Å². The minimum Gasteiger partial charge on any atom is -0.326 e. The van der Waals surface area contributed by atoms with Crippen LogP contribution in [0.15, 0.2) is 54.6 Å². The summed E-state index contributed by atoms with van der Waals surface area (Å²) in [6.07, 6.45) is 2.89. The second-order valence-electron chi connectivity index (χ2n) is 7.36. The molecule has 6 nitrogen and oxygen atoms in total. The number of anilines is 3. The van der Waals surface area contributed by atoms with E-state index in [0.717, 1.165) is 24.5 Å². The topological polar surface area (TPSA) is 82.3 Å². The van der Waals surface area contributed by atoms with Crippen molar-refractivity contribution in [3.05, 3.63) is 54.6 Å². The van der Waals surface area contributed by atoms with Gasteiger partial charge in [0.25, 0.3) is 0 Å². The lowest BCUT2D eigenvalue weighted by Gasteiger charge is -2.28. The zero-order valence-corrected chi connectivity index (χ0v) is 17.4. The molecule has 0 spiro atoms. The highest BCUT2D eigenvalue weighted by molar-refractivity contribution is 6.00. The van der Waals surface area contributed by atoms with Gasteiger partial charge >= 0.3 is 6.03 Å². The second-order valence-corrected chi connectivity index (χ2v) is 7.36. The van der Waals surface area contributed by atoms with Crippen LogP contribution in [-0.2, 0) is 4.79 Å². The molecule has 1 heterocycles. The molecular weight excluding hydrogens is 388 g/mol. The molecule has 0 aliphatic carbocycles. The number of amides is 3. The molecule has 3 amide bonds. The summed E-state index contributed by atoms with van der Waals surface area (Å²) >= 11 is 0. The molecular formula is C22H29ClN4O2. The number of halogens is 1. The van der Waals surface area contributed by atoms with Crippen molar-refractivity contribution < 1.29 is 9.59 Å². The highest BCUT2D eigenvalue weighted by atomic mass is 35.5. The summed E-state index contributed by atoms with van der Waals surface area (Å²) in [6, 6.07) is 16.1. The Morgan fingerprint density at radius 3 is 2.14 bits per heavy atom. The number of benzene rings is 2. The predicted molar refractivity (Wildman–Crippen MR) is 121 cm³/mol. The van der Waals surface area contributed by atoms with E-state index in [-0.39, 0.29) is 24.3 Å². The Morgan fingerprint density at radius 2 is 1.55 bits per heavy atom. The smallest absolute Gasteiger partial charge is 0.323 e. The van der Waals surface area contributed by atoms with Crippen LogP contribution >= 0.6 is 12.4 Å². The van der Waals surface area contributed by atoms with E-state index in [4.69, 9.17) is 0 Å². The SMILES string of the molecule is CC(CC(=O)Nc1ccc(NC(=O)Nc2ccccc2)cc1)C1CCCNC1.Cl. The van der Waals surface area contributed by atoms with Gasteiger partial charge in [0, 0.05) is 23.5 Å². The van der Waals surface area contributed by atoms with Gasteiger partial charge in [0.2, 0.25) is 5.91 Å². The minimum absolute atomic E-state index is 0. The summed E-state index contributed by atoms with van der Waals surface area (Å²) < 4.78 is 0. The molecule has 2 unspecified atom stereocenters. The number of carbonyl (C=O) groups excluding carboxylic acids is 2. The molecule has 2 aromatic rings. The first kappa shape index (κ1) is 22.7. The Hall–Kier alpha value is -2.57. The fraction of sp³-hybridized carbons (Fsp3) is 0.364. The molecule has 3 rings (SSSR count). The fourth-order valence-electron chi connectivity index (χ4n) is 3.49. The van der Waals surface area contributed by atoms with Crippen LogP contribution in [0.4, 0.5) is 21.9 Å². The molecule has 0 radical (unpaired) electrons. The first-order chi connectivity index (χ1) is 13.6. The van der Waals surface area contributed by atoms with Crippen LogP contribution in [-0.4, -0.2) is 25.0 Å². The van der Waals surface area contributed by atoms with E-state index in [9.17, 15) is 9.59 Å². The third-order valence-electron chi connectivity index (χ3n) is 5.11. The van der Waals surface area contributed by atoms with Crippen LogP contribution in [0.5, 0.6) is 0 Å². The van der Waals surface area contributed by atoms with Gasteiger partial charge in [-0.05, 0) is 74.2 Å². The highest BCUT2D eigenvalue weighted by Gasteiger charge is 2.22. The third-order valence-corrected chi connectivity index (χ3v) is 5.11. The molecule has 4 N–H and O–H groups in total. The van der Waals surface area contributed by atoms with Gasteiger partial charge in [-0.2, -0.15) is 0 Å². The van der Waals surface area contributed by atoms with Crippen molar-refractivity contribution in [3.63, 3.8) is 0 Å². The van der Waals surface area contributed by atoms with Gasteiger partial charge in [-0.1, -0.05) is 25.1 Å². The van der Waals surface area contributed by atoms with Crippen molar-refractivity contribution in [3.8, 4) is 0 Å². The maximum atomic E-state index is 12.3. The van der Waals surface area contributed by atoms with Crippen molar-refractivity contribution >= 4 is 41.4 Å². The largest absolute Gasteiger partial charge is 0.326 e. The number of urea groups is 1. The maximum absolute atomic E-state index is 12.3. The molecule has 0 bridgehead atoms. The third kappa shape index (κ3) is 7.40.